The number of carbonyl (C=O) groups excluding carboxylic acids is 1. The topological polar surface area (TPSA) is 48.4 Å². The first-order valence-electron chi connectivity index (χ1n) is 5.01. The fourth-order valence-electron chi connectivity index (χ4n) is 1.43. The van der Waals surface area contributed by atoms with Gasteiger partial charge in [-0.15, -0.1) is 0 Å². The van der Waals surface area contributed by atoms with Crippen LogP contribution in [0.4, 0.5) is 8.78 Å². The molecule has 0 aliphatic carbocycles. The number of pyridine rings is 1. The molecule has 0 N–H and O–H groups in total. The number of nitrogens with zero attached hydrogens (tertiary/aromatic N) is 1. The van der Waals surface area contributed by atoms with E-state index < -0.39 is 18.1 Å². The summed E-state index contributed by atoms with van der Waals surface area (Å²) < 4.78 is 35.0. The van der Waals surface area contributed by atoms with Crippen molar-refractivity contribution in [2.75, 3.05) is 13.7 Å². The first-order valence-corrected chi connectivity index (χ1v) is 5.01. The largest absolute Gasteiger partial charge is 0.494 e. The van der Waals surface area contributed by atoms with Gasteiger partial charge in [0.2, 0.25) is 0 Å². The third-order valence-corrected chi connectivity index (χ3v) is 2.23. The Morgan fingerprint density at radius 2 is 2.18 bits per heavy atom. The van der Waals surface area contributed by atoms with Crippen molar-refractivity contribution in [1.82, 2.24) is 4.98 Å². The number of carbonyl (C=O) groups is 1. The number of rotatable bonds is 4. The molecule has 0 aliphatic rings. The molecule has 1 heterocycles. The van der Waals surface area contributed by atoms with Crippen molar-refractivity contribution in [3.8, 4) is 5.75 Å². The number of hydrogen-bond acceptors (Lipinski definition) is 4. The molecule has 0 spiro atoms. The smallest absolute Gasteiger partial charge is 0.342 e. The van der Waals surface area contributed by atoms with Gasteiger partial charge in [0.15, 0.2) is 5.75 Å². The van der Waals surface area contributed by atoms with Crippen molar-refractivity contribution in [3.05, 3.63) is 23.0 Å². The molecule has 1 aromatic heterocycles. The van der Waals surface area contributed by atoms with Crippen LogP contribution < -0.4 is 4.74 Å². The van der Waals surface area contributed by atoms with Crippen molar-refractivity contribution in [1.29, 1.82) is 0 Å². The van der Waals surface area contributed by atoms with Crippen LogP contribution in [0.3, 0.4) is 0 Å². The van der Waals surface area contributed by atoms with Crippen molar-refractivity contribution in [2.24, 2.45) is 0 Å². The van der Waals surface area contributed by atoms with Crippen molar-refractivity contribution in [2.45, 2.75) is 20.3 Å². The summed E-state index contributed by atoms with van der Waals surface area (Å²) in [5.74, 6) is -0.559. The highest BCUT2D eigenvalue weighted by atomic mass is 19.3. The van der Waals surface area contributed by atoms with E-state index in [1.807, 2.05) is 0 Å². The van der Waals surface area contributed by atoms with Gasteiger partial charge < -0.3 is 9.47 Å². The molecule has 94 valence electrons. The normalized spacial score (nSPS) is 10.5. The van der Waals surface area contributed by atoms with E-state index in [4.69, 9.17) is 9.47 Å². The Morgan fingerprint density at radius 3 is 2.65 bits per heavy atom. The molecule has 0 saturated heterocycles. The molecule has 1 aromatic rings. The minimum atomic E-state index is -2.74. The van der Waals surface area contributed by atoms with Gasteiger partial charge in [0, 0.05) is 0 Å². The average molecular weight is 245 g/mol. The number of methoxy groups -OCH3 is 1. The van der Waals surface area contributed by atoms with Crippen LogP contribution >= 0.6 is 0 Å². The monoisotopic (exact) mass is 245 g/mol. The predicted octanol–water partition coefficient (Wildman–Crippen LogP) is 2.51. The molecule has 4 nitrogen and oxygen atoms in total. The minimum Gasteiger partial charge on any atom is -0.494 e. The Bertz CT molecular complexity index is 421. The quantitative estimate of drug-likeness (QED) is 0.765. The predicted molar refractivity (Wildman–Crippen MR) is 56.4 cm³/mol. The lowest BCUT2D eigenvalue weighted by Crippen LogP contribution is -2.11. The number of hydrogen-bond donors (Lipinski definition) is 0. The molecule has 1 rings (SSSR count). The van der Waals surface area contributed by atoms with Crippen LogP contribution in [0, 0.1) is 6.92 Å². The summed E-state index contributed by atoms with van der Waals surface area (Å²) in [4.78, 5) is 15.2. The van der Waals surface area contributed by atoms with Crippen molar-refractivity contribution < 1.29 is 23.0 Å². The molecule has 0 aliphatic heterocycles. The van der Waals surface area contributed by atoms with Crippen molar-refractivity contribution >= 4 is 5.97 Å². The molecular weight excluding hydrogens is 232 g/mol. The Labute approximate surface area is 97.6 Å². The zero-order valence-corrected chi connectivity index (χ0v) is 9.79. The second-order valence-corrected chi connectivity index (χ2v) is 3.23. The molecule has 0 saturated carbocycles. The summed E-state index contributed by atoms with van der Waals surface area (Å²) in [6.07, 6.45) is -1.64. The van der Waals surface area contributed by atoms with Gasteiger partial charge in [0.05, 0.1) is 19.9 Å². The lowest BCUT2D eigenvalue weighted by atomic mass is 10.1. The summed E-state index contributed by atoms with van der Waals surface area (Å²) in [6, 6.07) is 0. The SMILES string of the molecule is CCOC(=O)c1c(OC)cnc(C(F)F)c1C. The van der Waals surface area contributed by atoms with Gasteiger partial charge in [-0.3, -0.25) is 4.98 Å². The average Bonchev–Trinajstić information content (AvgIpc) is 2.27. The summed E-state index contributed by atoms with van der Waals surface area (Å²) in [5, 5.41) is 0. The van der Waals surface area contributed by atoms with Crippen LogP contribution in [-0.2, 0) is 4.74 Å². The summed E-state index contributed by atoms with van der Waals surface area (Å²) in [7, 11) is 1.33. The fourth-order valence-corrected chi connectivity index (χ4v) is 1.43. The van der Waals surface area contributed by atoms with E-state index in [0.717, 1.165) is 6.20 Å². The lowest BCUT2D eigenvalue weighted by molar-refractivity contribution is 0.0521. The Morgan fingerprint density at radius 1 is 1.53 bits per heavy atom. The first-order chi connectivity index (χ1) is 8.02. The molecule has 0 radical (unpaired) electrons. The van der Waals surface area contributed by atoms with Crippen molar-refractivity contribution in [3.63, 3.8) is 0 Å². The van der Waals surface area contributed by atoms with E-state index in [0.29, 0.717) is 0 Å². The highest BCUT2D eigenvalue weighted by Crippen LogP contribution is 2.29. The molecule has 0 atom stereocenters. The first kappa shape index (κ1) is 13.3. The van der Waals surface area contributed by atoms with E-state index >= 15 is 0 Å². The van der Waals surface area contributed by atoms with Gasteiger partial charge in [-0.05, 0) is 19.4 Å². The third kappa shape index (κ3) is 2.69. The summed E-state index contributed by atoms with van der Waals surface area (Å²) in [5.41, 5.74) is -0.355. The zero-order chi connectivity index (χ0) is 13.0. The molecule has 0 aromatic carbocycles. The number of alkyl halides is 2. The lowest BCUT2D eigenvalue weighted by Gasteiger charge is -2.12. The van der Waals surface area contributed by atoms with E-state index in [9.17, 15) is 13.6 Å². The van der Waals surface area contributed by atoms with Gasteiger partial charge in [-0.1, -0.05) is 0 Å². The second-order valence-electron chi connectivity index (χ2n) is 3.23. The van der Waals surface area contributed by atoms with E-state index in [1.54, 1.807) is 6.92 Å². The summed E-state index contributed by atoms with van der Waals surface area (Å²) >= 11 is 0. The Hall–Kier alpha value is -1.72. The molecule has 0 unspecified atom stereocenters. The van der Waals surface area contributed by atoms with E-state index in [1.165, 1.54) is 14.0 Å². The van der Waals surface area contributed by atoms with Crippen LogP contribution in [0.15, 0.2) is 6.20 Å². The van der Waals surface area contributed by atoms with Gasteiger partial charge in [0.25, 0.3) is 6.43 Å². The van der Waals surface area contributed by atoms with Crippen LogP contribution in [0.5, 0.6) is 5.75 Å². The third-order valence-electron chi connectivity index (χ3n) is 2.23. The molecule has 0 bridgehead atoms. The summed E-state index contributed by atoms with van der Waals surface area (Å²) in [6.45, 7) is 3.19. The Balaban J connectivity index is 3.32. The maximum absolute atomic E-state index is 12.6. The zero-order valence-electron chi connectivity index (χ0n) is 9.79. The second kappa shape index (κ2) is 5.56. The maximum Gasteiger partial charge on any atom is 0.342 e. The van der Waals surface area contributed by atoms with Crippen LogP contribution in [0.25, 0.3) is 0 Å². The number of ether oxygens (including phenoxy) is 2. The Kier molecular flexibility index (Phi) is 4.37. The van der Waals surface area contributed by atoms with Gasteiger partial charge in [-0.25, -0.2) is 13.6 Å². The standard InChI is InChI=1S/C11H13F2NO3/c1-4-17-11(15)8-6(2)9(10(12)13)14-5-7(8)16-3/h5,10H,4H2,1-3H3. The minimum absolute atomic E-state index is 0.000324. The maximum atomic E-state index is 12.6. The molecule has 0 fully saturated rings. The van der Waals surface area contributed by atoms with Gasteiger partial charge in [-0.2, -0.15) is 0 Å². The highest BCUT2D eigenvalue weighted by molar-refractivity contribution is 5.94. The highest BCUT2D eigenvalue weighted by Gasteiger charge is 2.23. The van der Waals surface area contributed by atoms with Gasteiger partial charge in [0.1, 0.15) is 11.3 Å². The van der Waals surface area contributed by atoms with E-state index in [2.05, 4.69) is 4.98 Å². The van der Waals surface area contributed by atoms with E-state index in [-0.39, 0.29) is 23.5 Å². The number of aromatic nitrogens is 1. The van der Waals surface area contributed by atoms with Crippen LogP contribution in [0.2, 0.25) is 0 Å². The molecule has 17 heavy (non-hydrogen) atoms. The molecule has 0 amide bonds. The van der Waals surface area contributed by atoms with Crippen LogP contribution in [0.1, 0.15) is 35.0 Å². The molecule has 6 heteroatoms. The number of esters is 1. The molecular formula is C11H13F2NO3. The van der Waals surface area contributed by atoms with Crippen LogP contribution in [-0.4, -0.2) is 24.7 Å². The van der Waals surface area contributed by atoms with Gasteiger partial charge >= 0.3 is 5.97 Å². The number of halogens is 2. The fraction of sp³-hybridized carbons (Fsp3) is 0.455.